The van der Waals surface area contributed by atoms with Gasteiger partial charge in [-0.15, -0.1) is 0 Å². The van der Waals surface area contributed by atoms with Crippen molar-refractivity contribution in [3.8, 4) is 0 Å². The summed E-state index contributed by atoms with van der Waals surface area (Å²) in [4.78, 5) is 14.1. The molecule has 118 valence electrons. The van der Waals surface area contributed by atoms with Gasteiger partial charge in [0, 0.05) is 26.3 Å². The molecule has 0 aromatic carbocycles. The van der Waals surface area contributed by atoms with Gasteiger partial charge >= 0.3 is 5.97 Å². The monoisotopic (exact) mass is 300 g/mol. The highest BCUT2D eigenvalue weighted by atomic mass is 28.3. The lowest BCUT2D eigenvalue weighted by molar-refractivity contribution is -0.147. The number of carbonyl (C=O) groups is 1. The van der Waals surface area contributed by atoms with Crippen LogP contribution in [-0.4, -0.2) is 56.6 Å². The van der Waals surface area contributed by atoms with E-state index in [0.29, 0.717) is 6.61 Å². The third-order valence-electron chi connectivity index (χ3n) is 4.92. The second kappa shape index (κ2) is 8.15. The first-order chi connectivity index (χ1) is 9.52. The summed E-state index contributed by atoms with van der Waals surface area (Å²) in [6.07, 6.45) is 0. The molecule has 1 aliphatic rings. The Morgan fingerprint density at radius 2 is 1.75 bits per heavy atom. The molecule has 20 heavy (non-hydrogen) atoms. The normalized spacial score (nSPS) is 19.2. The Morgan fingerprint density at radius 3 is 2.25 bits per heavy atom. The van der Waals surface area contributed by atoms with Gasteiger partial charge in [-0.3, -0.25) is 9.69 Å². The van der Waals surface area contributed by atoms with Crippen LogP contribution in [0.4, 0.5) is 0 Å². The van der Waals surface area contributed by atoms with Gasteiger partial charge < -0.3 is 9.30 Å². The lowest BCUT2D eigenvalue weighted by atomic mass is 10.2. The van der Waals surface area contributed by atoms with Crippen LogP contribution in [0, 0.1) is 5.92 Å². The molecular formula is C15H32N2O2Si. The van der Waals surface area contributed by atoms with Gasteiger partial charge in [0.25, 0.3) is 0 Å². The van der Waals surface area contributed by atoms with Gasteiger partial charge in [-0.2, -0.15) is 0 Å². The quantitative estimate of drug-likeness (QED) is 0.510. The average Bonchev–Trinajstić information content (AvgIpc) is 2.91. The largest absolute Gasteiger partial charge is 0.466 e. The molecule has 0 aromatic heterocycles. The van der Waals surface area contributed by atoms with Crippen molar-refractivity contribution in [1.29, 1.82) is 0 Å². The molecule has 5 heteroatoms. The molecule has 0 aliphatic carbocycles. The van der Waals surface area contributed by atoms with Crippen molar-refractivity contribution >= 4 is 14.2 Å². The minimum absolute atomic E-state index is 0.0177. The van der Waals surface area contributed by atoms with Crippen LogP contribution in [0.1, 0.15) is 34.6 Å². The standard InChI is InChI=1S/C15H32N2O2Si/c1-6-19-15(18)14(5)12-16-10-11-17(13-16)20(7-2,8-3)9-4/h14H,6-13H2,1-5H3. The SMILES string of the molecule is CCOC(=O)C(C)CN1CCN([Si](CC)(CC)CC)C1. The topological polar surface area (TPSA) is 32.8 Å². The third-order valence-corrected chi connectivity index (χ3v) is 10.6. The number of hydrogen-bond acceptors (Lipinski definition) is 4. The van der Waals surface area contributed by atoms with Crippen LogP contribution in [-0.2, 0) is 9.53 Å². The summed E-state index contributed by atoms with van der Waals surface area (Å²) >= 11 is 0. The molecular weight excluding hydrogens is 268 g/mol. The molecule has 1 saturated heterocycles. The number of hydrogen-bond donors (Lipinski definition) is 0. The van der Waals surface area contributed by atoms with Crippen LogP contribution in [0.15, 0.2) is 0 Å². The molecule has 0 radical (unpaired) electrons. The predicted molar refractivity (Wildman–Crippen MR) is 86.1 cm³/mol. The fourth-order valence-corrected chi connectivity index (χ4v) is 7.26. The maximum absolute atomic E-state index is 11.7. The van der Waals surface area contributed by atoms with Crippen molar-refractivity contribution in [3.63, 3.8) is 0 Å². The maximum Gasteiger partial charge on any atom is 0.309 e. The first-order valence-electron chi connectivity index (χ1n) is 8.17. The lowest BCUT2D eigenvalue weighted by Gasteiger charge is -2.38. The van der Waals surface area contributed by atoms with E-state index in [1.54, 1.807) is 0 Å². The van der Waals surface area contributed by atoms with E-state index < -0.39 is 8.24 Å². The van der Waals surface area contributed by atoms with E-state index in [2.05, 4.69) is 30.2 Å². The van der Waals surface area contributed by atoms with E-state index in [9.17, 15) is 4.79 Å². The van der Waals surface area contributed by atoms with Crippen LogP contribution in [0.3, 0.4) is 0 Å². The van der Waals surface area contributed by atoms with Crippen LogP contribution < -0.4 is 0 Å². The van der Waals surface area contributed by atoms with Crippen LogP contribution in [0.2, 0.25) is 18.1 Å². The number of rotatable bonds is 8. The molecule has 4 nitrogen and oxygen atoms in total. The zero-order chi connectivity index (χ0) is 15.2. The molecule has 1 unspecified atom stereocenters. The average molecular weight is 301 g/mol. The van der Waals surface area contributed by atoms with Crippen LogP contribution in [0.25, 0.3) is 0 Å². The first kappa shape index (κ1) is 17.7. The number of nitrogens with zero attached hydrogens (tertiary/aromatic N) is 2. The minimum Gasteiger partial charge on any atom is -0.466 e. The Hall–Kier alpha value is -0.393. The van der Waals surface area contributed by atoms with Crippen molar-refractivity contribution in [2.45, 2.75) is 52.8 Å². The molecule has 1 rings (SSSR count). The summed E-state index contributed by atoms with van der Waals surface area (Å²) in [5, 5.41) is 0. The van der Waals surface area contributed by atoms with Gasteiger partial charge in [0.15, 0.2) is 0 Å². The van der Waals surface area contributed by atoms with Gasteiger partial charge in [0.05, 0.1) is 12.5 Å². The highest BCUT2D eigenvalue weighted by molar-refractivity contribution is 6.77. The Kier molecular flexibility index (Phi) is 7.19. The van der Waals surface area contributed by atoms with E-state index in [4.69, 9.17) is 4.74 Å². The van der Waals surface area contributed by atoms with Crippen molar-refractivity contribution < 1.29 is 9.53 Å². The lowest BCUT2D eigenvalue weighted by Crippen LogP contribution is -2.51. The van der Waals surface area contributed by atoms with Gasteiger partial charge in [-0.1, -0.05) is 27.7 Å². The zero-order valence-corrected chi connectivity index (χ0v) is 14.9. The molecule has 1 heterocycles. The molecule has 1 atom stereocenters. The van der Waals surface area contributed by atoms with Crippen LogP contribution in [0.5, 0.6) is 0 Å². The van der Waals surface area contributed by atoms with E-state index in [1.807, 2.05) is 13.8 Å². The smallest absolute Gasteiger partial charge is 0.309 e. The van der Waals surface area contributed by atoms with Crippen molar-refractivity contribution in [1.82, 2.24) is 9.47 Å². The summed E-state index contributed by atoms with van der Waals surface area (Å²) in [6.45, 7) is 15.5. The highest BCUT2D eigenvalue weighted by Crippen LogP contribution is 2.27. The number of carbonyl (C=O) groups excluding carboxylic acids is 1. The minimum atomic E-state index is -1.24. The Balaban J connectivity index is 2.53. The van der Waals surface area contributed by atoms with E-state index in [-0.39, 0.29) is 11.9 Å². The van der Waals surface area contributed by atoms with E-state index in [1.165, 1.54) is 24.7 Å². The molecule has 0 amide bonds. The molecule has 0 bridgehead atoms. The zero-order valence-electron chi connectivity index (χ0n) is 13.9. The third kappa shape index (κ3) is 4.05. The summed E-state index contributed by atoms with van der Waals surface area (Å²) in [5.41, 5.74) is 0. The molecule has 0 N–H and O–H groups in total. The van der Waals surface area contributed by atoms with Crippen molar-refractivity contribution in [3.05, 3.63) is 0 Å². The summed E-state index contributed by atoms with van der Waals surface area (Å²) in [6, 6.07) is 4.00. The maximum atomic E-state index is 11.7. The second-order valence-electron chi connectivity index (χ2n) is 5.92. The molecule has 0 spiro atoms. The molecule has 0 saturated carbocycles. The Bertz CT molecular complexity index is 300. The Labute approximate surface area is 125 Å². The van der Waals surface area contributed by atoms with E-state index >= 15 is 0 Å². The Morgan fingerprint density at radius 1 is 1.15 bits per heavy atom. The summed E-state index contributed by atoms with van der Waals surface area (Å²) in [5.74, 6) is -0.0771. The fourth-order valence-electron chi connectivity index (χ4n) is 3.35. The van der Waals surface area contributed by atoms with Crippen molar-refractivity contribution in [2.24, 2.45) is 5.92 Å². The van der Waals surface area contributed by atoms with Gasteiger partial charge in [0.2, 0.25) is 0 Å². The highest BCUT2D eigenvalue weighted by Gasteiger charge is 2.38. The molecule has 1 fully saturated rings. The number of ether oxygens (including phenoxy) is 1. The first-order valence-corrected chi connectivity index (χ1v) is 10.7. The van der Waals surface area contributed by atoms with Crippen LogP contribution >= 0.6 is 0 Å². The molecule has 1 aliphatic heterocycles. The predicted octanol–water partition coefficient (Wildman–Crippen LogP) is 2.77. The molecule has 0 aromatic rings. The van der Waals surface area contributed by atoms with Gasteiger partial charge in [-0.25, -0.2) is 0 Å². The second-order valence-corrected chi connectivity index (χ2v) is 11.1. The fraction of sp³-hybridized carbons (Fsp3) is 0.933. The van der Waals surface area contributed by atoms with Gasteiger partial charge in [-0.05, 0) is 25.1 Å². The summed E-state index contributed by atoms with van der Waals surface area (Å²) in [7, 11) is -1.24. The van der Waals surface area contributed by atoms with E-state index in [0.717, 1.165) is 19.8 Å². The van der Waals surface area contributed by atoms with Crippen molar-refractivity contribution in [2.75, 3.05) is 32.9 Å². The number of esters is 1. The van der Waals surface area contributed by atoms with Gasteiger partial charge in [0.1, 0.15) is 8.24 Å². The summed E-state index contributed by atoms with van der Waals surface area (Å²) < 4.78 is 7.84.